The van der Waals surface area contributed by atoms with Crippen LogP contribution in [0.15, 0.2) is 36.4 Å². The highest BCUT2D eigenvalue weighted by molar-refractivity contribution is 7.82. The monoisotopic (exact) mass is 327 g/mol. The molecular weight excluding hydrogens is 306 g/mol. The maximum Gasteiger partial charge on any atom is 0.329 e. The Bertz CT molecular complexity index is 756. The second-order valence-electron chi connectivity index (χ2n) is 5.68. The van der Waals surface area contributed by atoms with E-state index < -0.39 is 6.03 Å². The van der Waals surface area contributed by atoms with E-state index in [-0.39, 0.29) is 0 Å². The van der Waals surface area contributed by atoms with Gasteiger partial charge in [0.05, 0.1) is 5.69 Å². The Hall–Kier alpha value is -2.14. The fourth-order valence-corrected chi connectivity index (χ4v) is 3.35. The Morgan fingerprint density at radius 2 is 1.57 bits per heavy atom. The lowest BCUT2D eigenvalue weighted by Crippen LogP contribution is -2.27. The number of nitrogens with zero attached hydrogens (tertiary/aromatic N) is 2. The van der Waals surface area contributed by atoms with Gasteiger partial charge in [-0.3, -0.25) is 0 Å². The van der Waals surface area contributed by atoms with E-state index in [0.717, 1.165) is 19.5 Å². The molecule has 120 valence electrons. The van der Waals surface area contributed by atoms with Gasteiger partial charge in [0.2, 0.25) is 0 Å². The molecule has 0 radical (unpaired) electrons. The first-order valence-corrected chi connectivity index (χ1v) is 8.24. The number of hydrogen-bond acceptors (Lipinski definition) is 3. The van der Waals surface area contributed by atoms with Gasteiger partial charge in [0.15, 0.2) is 0 Å². The highest BCUT2D eigenvalue weighted by atomic mass is 32.1. The summed E-state index contributed by atoms with van der Waals surface area (Å²) >= 11 is 4.14. The second-order valence-corrected chi connectivity index (χ2v) is 6.08. The predicted octanol–water partition coefficient (Wildman–Crippen LogP) is 3.83. The van der Waals surface area contributed by atoms with Gasteiger partial charge in [0.25, 0.3) is 0 Å². The maximum absolute atomic E-state index is 11.3. The quantitative estimate of drug-likeness (QED) is 0.716. The lowest BCUT2D eigenvalue weighted by Gasteiger charge is -2.21. The maximum atomic E-state index is 11.3. The molecule has 0 aromatic heterocycles. The van der Waals surface area contributed by atoms with Crippen molar-refractivity contribution in [2.45, 2.75) is 20.3 Å². The molecule has 0 saturated carbocycles. The number of hydrogen-bond donors (Lipinski definition) is 2. The first kappa shape index (κ1) is 15.7. The van der Waals surface area contributed by atoms with E-state index in [1.54, 1.807) is 0 Å². The Labute approximate surface area is 142 Å². The SMILES string of the molecule is CCN(CC)c1ccc2c(c1)Cc1cc(N(S)C(N)=O)ccc1-2. The number of primary amides is 1. The van der Waals surface area contributed by atoms with Crippen molar-refractivity contribution in [3.8, 4) is 11.1 Å². The van der Waals surface area contributed by atoms with Gasteiger partial charge in [0.1, 0.15) is 0 Å². The summed E-state index contributed by atoms with van der Waals surface area (Å²) in [5.74, 6) is 0. The van der Waals surface area contributed by atoms with Crippen LogP contribution in [0, 0.1) is 0 Å². The van der Waals surface area contributed by atoms with Crippen molar-refractivity contribution in [2.75, 3.05) is 22.3 Å². The van der Waals surface area contributed by atoms with Gasteiger partial charge in [-0.05, 0) is 66.8 Å². The molecule has 0 fully saturated rings. The van der Waals surface area contributed by atoms with Crippen LogP contribution in [-0.2, 0) is 6.42 Å². The van der Waals surface area contributed by atoms with Gasteiger partial charge >= 0.3 is 6.03 Å². The van der Waals surface area contributed by atoms with Crippen LogP contribution in [0.5, 0.6) is 0 Å². The summed E-state index contributed by atoms with van der Waals surface area (Å²) in [5, 5.41) is 0. The van der Waals surface area contributed by atoms with Crippen LogP contribution in [0.25, 0.3) is 11.1 Å². The lowest BCUT2D eigenvalue weighted by molar-refractivity contribution is 0.257. The molecule has 0 aliphatic heterocycles. The van der Waals surface area contributed by atoms with E-state index in [0.29, 0.717) is 5.69 Å². The van der Waals surface area contributed by atoms with E-state index >= 15 is 0 Å². The number of carbonyl (C=O) groups is 1. The van der Waals surface area contributed by atoms with Gasteiger partial charge in [-0.1, -0.05) is 24.9 Å². The minimum atomic E-state index is -0.576. The van der Waals surface area contributed by atoms with Crippen LogP contribution >= 0.6 is 12.8 Å². The molecule has 2 aromatic carbocycles. The molecule has 0 unspecified atom stereocenters. The minimum absolute atomic E-state index is 0.576. The molecule has 2 aromatic rings. The Morgan fingerprint density at radius 1 is 1.04 bits per heavy atom. The molecule has 5 heteroatoms. The number of thiol groups is 1. The summed E-state index contributed by atoms with van der Waals surface area (Å²) in [7, 11) is 0. The third-order valence-electron chi connectivity index (χ3n) is 4.43. The number of nitrogens with two attached hydrogens (primary N) is 1. The van der Waals surface area contributed by atoms with Crippen LogP contribution in [0.1, 0.15) is 25.0 Å². The van der Waals surface area contributed by atoms with Gasteiger partial charge in [0, 0.05) is 18.8 Å². The van der Waals surface area contributed by atoms with Crippen LogP contribution in [0.3, 0.4) is 0 Å². The van der Waals surface area contributed by atoms with Crippen LogP contribution < -0.4 is 14.9 Å². The van der Waals surface area contributed by atoms with Gasteiger partial charge < -0.3 is 10.6 Å². The van der Waals surface area contributed by atoms with E-state index in [1.165, 1.54) is 32.2 Å². The van der Waals surface area contributed by atoms with Crippen molar-refractivity contribution >= 4 is 30.2 Å². The number of urea groups is 1. The van der Waals surface area contributed by atoms with Crippen molar-refractivity contribution in [1.29, 1.82) is 0 Å². The molecule has 0 bridgehead atoms. The summed E-state index contributed by atoms with van der Waals surface area (Å²) in [6.07, 6.45) is 0.869. The zero-order valence-corrected chi connectivity index (χ0v) is 14.3. The molecule has 2 amide bonds. The summed E-state index contributed by atoms with van der Waals surface area (Å²) in [4.78, 5) is 13.6. The summed E-state index contributed by atoms with van der Waals surface area (Å²) < 4.78 is 1.17. The van der Waals surface area contributed by atoms with Crippen LogP contribution in [0.4, 0.5) is 16.2 Å². The van der Waals surface area contributed by atoms with Crippen molar-refractivity contribution in [1.82, 2.24) is 0 Å². The molecule has 1 aliphatic carbocycles. The molecule has 0 heterocycles. The van der Waals surface area contributed by atoms with Crippen molar-refractivity contribution < 1.29 is 4.79 Å². The Kier molecular flexibility index (Phi) is 4.22. The lowest BCUT2D eigenvalue weighted by atomic mass is 10.0. The van der Waals surface area contributed by atoms with Crippen LogP contribution in [0.2, 0.25) is 0 Å². The number of fused-ring (bicyclic) bond motifs is 3. The zero-order valence-electron chi connectivity index (χ0n) is 13.4. The summed E-state index contributed by atoms with van der Waals surface area (Å²) in [6, 6.07) is 12.0. The zero-order chi connectivity index (χ0) is 16.6. The molecule has 0 atom stereocenters. The van der Waals surface area contributed by atoms with E-state index in [4.69, 9.17) is 5.73 Å². The standard InChI is InChI=1S/C18H21N3OS/c1-3-20(4-2)14-5-7-16-12(10-14)9-13-11-15(6-8-17(13)16)21(23)18(19)22/h5-8,10-11,23H,3-4,9H2,1-2H3,(H2,19,22). The summed E-state index contributed by atoms with van der Waals surface area (Å²) in [5.41, 5.74) is 12.3. The first-order valence-electron chi connectivity index (χ1n) is 7.84. The average molecular weight is 327 g/mol. The second kappa shape index (κ2) is 6.16. The molecular formula is C18H21N3OS. The molecule has 4 nitrogen and oxygen atoms in total. The molecule has 0 spiro atoms. The van der Waals surface area contributed by atoms with Crippen molar-refractivity contribution in [2.24, 2.45) is 5.73 Å². The largest absolute Gasteiger partial charge is 0.372 e. The summed E-state index contributed by atoms with van der Waals surface area (Å²) in [6.45, 7) is 6.34. The third kappa shape index (κ3) is 2.77. The minimum Gasteiger partial charge on any atom is -0.372 e. The third-order valence-corrected chi connectivity index (χ3v) is 4.86. The average Bonchev–Trinajstić information content (AvgIpc) is 2.92. The fraction of sp³-hybridized carbons (Fsp3) is 0.278. The number of anilines is 2. The number of carbonyl (C=O) groups excluding carboxylic acids is 1. The number of benzene rings is 2. The van der Waals surface area contributed by atoms with E-state index in [1.807, 2.05) is 18.2 Å². The van der Waals surface area contributed by atoms with Gasteiger partial charge in [-0.2, -0.15) is 0 Å². The van der Waals surface area contributed by atoms with Gasteiger partial charge in [-0.15, -0.1) is 0 Å². The Balaban J connectivity index is 1.96. The highest BCUT2D eigenvalue weighted by Crippen LogP contribution is 2.40. The molecule has 2 N–H and O–H groups in total. The topological polar surface area (TPSA) is 49.6 Å². The van der Waals surface area contributed by atoms with Gasteiger partial charge in [-0.25, -0.2) is 9.10 Å². The van der Waals surface area contributed by atoms with E-state index in [9.17, 15) is 4.79 Å². The van der Waals surface area contributed by atoms with E-state index in [2.05, 4.69) is 49.8 Å². The Morgan fingerprint density at radius 3 is 2.09 bits per heavy atom. The number of rotatable bonds is 4. The normalized spacial score (nSPS) is 11.8. The fourth-order valence-electron chi connectivity index (χ4n) is 3.23. The molecule has 23 heavy (non-hydrogen) atoms. The first-order chi connectivity index (χ1) is 11.0. The highest BCUT2D eigenvalue weighted by Gasteiger charge is 2.21. The smallest absolute Gasteiger partial charge is 0.329 e. The van der Waals surface area contributed by atoms with Crippen LogP contribution in [-0.4, -0.2) is 19.1 Å². The predicted molar refractivity (Wildman–Crippen MR) is 99.3 cm³/mol. The van der Waals surface area contributed by atoms with Crippen molar-refractivity contribution in [3.05, 3.63) is 47.5 Å². The molecule has 0 saturated heterocycles. The molecule has 1 aliphatic rings. The van der Waals surface area contributed by atoms with Crippen molar-refractivity contribution in [3.63, 3.8) is 0 Å². The molecule has 3 rings (SSSR count). The number of amides is 2.